The number of amides is 2. The van der Waals surface area contributed by atoms with Crippen molar-refractivity contribution in [2.75, 3.05) is 11.1 Å². The van der Waals surface area contributed by atoms with Gasteiger partial charge in [-0.25, -0.2) is 0 Å². The molecule has 31 heavy (non-hydrogen) atoms. The number of aromatic nitrogens is 3. The van der Waals surface area contributed by atoms with Gasteiger partial charge in [-0.05, 0) is 32.0 Å². The molecule has 2 heterocycles. The standard InChI is InChI=1S/C22H21N5O2S2/c1-13(2)27-21(16-11-30-18-10-6-4-7-14(16)18)25-26-22(27)31-12-19(28)24-17-9-5-3-8-15(17)20(23)29/h3-11,13H,12H2,1-2H3,(H2,23,29)(H,24,28). The Morgan fingerprint density at radius 1 is 1.13 bits per heavy atom. The van der Waals surface area contributed by atoms with E-state index in [0.717, 1.165) is 16.8 Å². The average molecular weight is 452 g/mol. The summed E-state index contributed by atoms with van der Waals surface area (Å²) in [5.41, 5.74) is 7.09. The lowest BCUT2D eigenvalue weighted by atomic mass is 10.1. The Hall–Kier alpha value is -3.17. The second-order valence-electron chi connectivity index (χ2n) is 7.16. The molecule has 7 nitrogen and oxygen atoms in total. The van der Waals surface area contributed by atoms with Crippen LogP contribution in [-0.4, -0.2) is 32.3 Å². The summed E-state index contributed by atoms with van der Waals surface area (Å²) >= 11 is 2.98. The lowest BCUT2D eigenvalue weighted by molar-refractivity contribution is -0.113. The fraction of sp³-hybridized carbons (Fsp3) is 0.182. The van der Waals surface area contributed by atoms with Crippen LogP contribution in [0.1, 0.15) is 30.2 Å². The number of nitrogens with two attached hydrogens (primary N) is 1. The number of carbonyl (C=O) groups is 2. The highest BCUT2D eigenvalue weighted by Gasteiger charge is 2.20. The number of nitrogens with zero attached hydrogens (tertiary/aromatic N) is 3. The molecule has 0 saturated heterocycles. The van der Waals surface area contributed by atoms with E-state index in [1.807, 2.05) is 16.7 Å². The molecule has 2 aromatic carbocycles. The zero-order chi connectivity index (χ0) is 22.0. The highest BCUT2D eigenvalue weighted by molar-refractivity contribution is 7.99. The molecule has 9 heteroatoms. The van der Waals surface area contributed by atoms with Crippen molar-refractivity contribution in [1.29, 1.82) is 0 Å². The minimum atomic E-state index is -0.587. The lowest BCUT2D eigenvalue weighted by Gasteiger charge is -2.13. The molecular formula is C22H21N5O2S2. The maximum atomic E-state index is 12.5. The molecule has 0 fully saturated rings. The van der Waals surface area contributed by atoms with Gasteiger partial charge in [0.2, 0.25) is 5.91 Å². The van der Waals surface area contributed by atoms with Crippen LogP contribution in [0.4, 0.5) is 5.69 Å². The molecule has 0 aliphatic heterocycles. The van der Waals surface area contributed by atoms with Crippen LogP contribution in [-0.2, 0) is 4.79 Å². The van der Waals surface area contributed by atoms with Crippen LogP contribution >= 0.6 is 23.1 Å². The number of carbonyl (C=O) groups excluding carboxylic acids is 2. The molecule has 3 N–H and O–H groups in total. The number of fused-ring (bicyclic) bond motifs is 1. The fourth-order valence-electron chi connectivity index (χ4n) is 3.30. The molecule has 2 aromatic heterocycles. The molecule has 2 amide bonds. The first-order valence-electron chi connectivity index (χ1n) is 9.68. The number of rotatable bonds is 7. The van der Waals surface area contributed by atoms with Crippen LogP contribution in [0.2, 0.25) is 0 Å². The van der Waals surface area contributed by atoms with Crippen molar-refractivity contribution in [3.8, 4) is 11.4 Å². The maximum Gasteiger partial charge on any atom is 0.250 e. The van der Waals surface area contributed by atoms with E-state index >= 15 is 0 Å². The van der Waals surface area contributed by atoms with Gasteiger partial charge in [0.15, 0.2) is 11.0 Å². The van der Waals surface area contributed by atoms with Gasteiger partial charge in [0.05, 0.1) is 17.0 Å². The Morgan fingerprint density at radius 2 is 1.87 bits per heavy atom. The van der Waals surface area contributed by atoms with Crippen molar-refractivity contribution in [3.63, 3.8) is 0 Å². The Balaban J connectivity index is 1.55. The molecule has 0 unspecified atom stereocenters. The first-order valence-corrected chi connectivity index (χ1v) is 11.5. The molecule has 158 valence electrons. The van der Waals surface area contributed by atoms with Crippen molar-refractivity contribution in [3.05, 3.63) is 59.5 Å². The van der Waals surface area contributed by atoms with Crippen LogP contribution in [0.15, 0.2) is 59.1 Å². The van der Waals surface area contributed by atoms with Gasteiger partial charge in [-0.2, -0.15) is 0 Å². The summed E-state index contributed by atoms with van der Waals surface area (Å²) < 4.78 is 3.24. The molecule has 0 atom stereocenters. The van der Waals surface area contributed by atoms with Crippen molar-refractivity contribution in [1.82, 2.24) is 14.8 Å². The summed E-state index contributed by atoms with van der Waals surface area (Å²) in [6.45, 7) is 4.13. The molecule has 0 saturated carbocycles. The van der Waals surface area contributed by atoms with E-state index in [2.05, 4.69) is 46.9 Å². The molecule has 0 aliphatic carbocycles. The third-order valence-electron chi connectivity index (χ3n) is 4.70. The SMILES string of the molecule is CC(C)n1c(SCC(=O)Nc2ccccc2C(N)=O)nnc1-c1csc2ccccc12. The minimum Gasteiger partial charge on any atom is -0.366 e. The van der Waals surface area contributed by atoms with E-state index < -0.39 is 5.91 Å². The Labute approximate surface area is 187 Å². The average Bonchev–Trinajstić information content (AvgIpc) is 3.36. The van der Waals surface area contributed by atoms with E-state index in [9.17, 15) is 9.59 Å². The van der Waals surface area contributed by atoms with E-state index in [1.165, 1.54) is 16.5 Å². The summed E-state index contributed by atoms with van der Waals surface area (Å²) in [5.74, 6) is 0.0761. The predicted molar refractivity (Wildman–Crippen MR) is 126 cm³/mol. The first-order chi connectivity index (χ1) is 15.0. The summed E-state index contributed by atoms with van der Waals surface area (Å²) in [6.07, 6.45) is 0. The number of para-hydroxylation sites is 1. The van der Waals surface area contributed by atoms with Crippen molar-refractivity contribution in [2.24, 2.45) is 5.73 Å². The fourth-order valence-corrected chi connectivity index (χ4v) is 5.11. The second kappa shape index (κ2) is 8.91. The number of primary amides is 1. The molecule has 0 radical (unpaired) electrons. The van der Waals surface area contributed by atoms with Gasteiger partial charge < -0.3 is 11.1 Å². The van der Waals surface area contributed by atoms with Gasteiger partial charge in [-0.1, -0.05) is 42.1 Å². The molecule has 0 aliphatic rings. The van der Waals surface area contributed by atoms with Crippen molar-refractivity contribution < 1.29 is 9.59 Å². The van der Waals surface area contributed by atoms with Gasteiger partial charge in [-0.15, -0.1) is 21.5 Å². The first kappa shape index (κ1) is 21.1. The van der Waals surface area contributed by atoms with E-state index in [-0.39, 0.29) is 23.3 Å². The summed E-state index contributed by atoms with van der Waals surface area (Å²) in [7, 11) is 0. The zero-order valence-electron chi connectivity index (χ0n) is 17.0. The number of hydrogen-bond acceptors (Lipinski definition) is 6. The number of thioether (sulfide) groups is 1. The number of nitrogens with one attached hydrogen (secondary N) is 1. The molecule has 0 bridgehead atoms. The van der Waals surface area contributed by atoms with E-state index in [1.54, 1.807) is 35.6 Å². The number of anilines is 1. The lowest BCUT2D eigenvalue weighted by Crippen LogP contribution is -2.19. The van der Waals surface area contributed by atoms with Gasteiger partial charge >= 0.3 is 0 Å². The van der Waals surface area contributed by atoms with Gasteiger partial charge in [0.25, 0.3) is 5.91 Å². The molecule has 0 spiro atoms. The van der Waals surface area contributed by atoms with Crippen LogP contribution in [0.25, 0.3) is 21.5 Å². The zero-order valence-corrected chi connectivity index (χ0v) is 18.7. The maximum absolute atomic E-state index is 12.5. The number of hydrogen-bond donors (Lipinski definition) is 2. The summed E-state index contributed by atoms with van der Waals surface area (Å²) in [5, 5.41) is 15.4. The second-order valence-corrected chi connectivity index (χ2v) is 9.02. The highest BCUT2D eigenvalue weighted by atomic mass is 32.2. The highest BCUT2D eigenvalue weighted by Crippen LogP contribution is 2.35. The third-order valence-corrected chi connectivity index (χ3v) is 6.61. The van der Waals surface area contributed by atoms with Crippen molar-refractivity contribution >= 4 is 50.7 Å². The van der Waals surface area contributed by atoms with Crippen LogP contribution in [0.3, 0.4) is 0 Å². The Bertz CT molecular complexity index is 1260. The summed E-state index contributed by atoms with van der Waals surface area (Å²) in [6, 6.07) is 15.0. The van der Waals surface area contributed by atoms with E-state index in [0.29, 0.717) is 10.8 Å². The van der Waals surface area contributed by atoms with Crippen LogP contribution in [0, 0.1) is 0 Å². The smallest absolute Gasteiger partial charge is 0.250 e. The topological polar surface area (TPSA) is 103 Å². The number of thiophene rings is 1. The van der Waals surface area contributed by atoms with Gasteiger partial charge in [0, 0.05) is 27.1 Å². The van der Waals surface area contributed by atoms with Crippen molar-refractivity contribution in [2.45, 2.75) is 25.0 Å². The minimum absolute atomic E-state index is 0.116. The monoisotopic (exact) mass is 451 g/mol. The van der Waals surface area contributed by atoms with Crippen LogP contribution in [0.5, 0.6) is 0 Å². The molecule has 4 aromatic rings. The summed E-state index contributed by atoms with van der Waals surface area (Å²) in [4.78, 5) is 24.1. The van der Waals surface area contributed by atoms with Gasteiger partial charge in [-0.3, -0.25) is 14.2 Å². The number of benzene rings is 2. The quantitative estimate of drug-likeness (QED) is 0.401. The third kappa shape index (κ3) is 4.33. The predicted octanol–water partition coefficient (Wildman–Crippen LogP) is 4.57. The normalized spacial score (nSPS) is 11.2. The molecular weight excluding hydrogens is 430 g/mol. The molecule has 4 rings (SSSR count). The van der Waals surface area contributed by atoms with E-state index in [4.69, 9.17) is 5.73 Å². The van der Waals surface area contributed by atoms with Crippen LogP contribution < -0.4 is 11.1 Å². The van der Waals surface area contributed by atoms with Gasteiger partial charge in [0.1, 0.15) is 0 Å². The Morgan fingerprint density at radius 3 is 2.65 bits per heavy atom. The Kier molecular flexibility index (Phi) is 6.06. The largest absolute Gasteiger partial charge is 0.366 e.